The van der Waals surface area contributed by atoms with Crippen molar-refractivity contribution >= 4 is 27.6 Å². The first-order chi connectivity index (χ1) is 7.02. The molecule has 1 rings (SSSR count). The van der Waals surface area contributed by atoms with Crippen molar-refractivity contribution in [2.24, 2.45) is 0 Å². The number of rotatable bonds is 2. The number of hydrogen-bond donors (Lipinski definition) is 1. The van der Waals surface area contributed by atoms with Crippen LogP contribution < -0.4 is 10.5 Å². The number of aryl methyl sites for hydroxylation is 1. The maximum Gasteiger partial charge on any atom is 0.341 e. The highest BCUT2D eigenvalue weighted by Gasteiger charge is 2.19. The van der Waals surface area contributed by atoms with Gasteiger partial charge in [-0.15, -0.1) is 0 Å². The molecule has 0 bridgehead atoms. The Hall–Kier alpha value is -1.23. The van der Waals surface area contributed by atoms with Crippen LogP contribution in [0, 0.1) is 6.92 Å². The monoisotopic (exact) mass is 273 g/mol. The maximum absolute atomic E-state index is 11.5. The first-order valence-corrected chi connectivity index (χ1v) is 5.03. The van der Waals surface area contributed by atoms with Gasteiger partial charge in [0.05, 0.1) is 24.4 Å². The molecule has 0 saturated heterocycles. The Morgan fingerprint density at radius 2 is 2.07 bits per heavy atom. The predicted octanol–water partition coefficient (Wildman–Crippen LogP) is 2.13. The van der Waals surface area contributed by atoms with E-state index in [-0.39, 0.29) is 0 Å². The molecular weight excluding hydrogens is 262 g/mol. The fourth-order valence-electron chi connectivity index (χ4n) is 1.23. The largest absolute Gasteiger partial charge is 0.496 e. The van der Waals surface area contributed by atoms with Crippen LogP contribution in [-0.2, 0) is 4.74 Å². The molecule has 4 nitrogen and oxygen atoms in total. The van der Waals surface area contributed by atoms with Gasteiger partial charge >= 0.3 is 5.97 Å². The van der Waals surface area contributed by atoms with Crippen molar-refractivity contribution in [3.8, 4) is 5.75 Å². The molecule has 0 radical (unpaired) electrons. The molecule has 15 heavy (non-hydrogen) atoms. The summed E-state index contributed by atoms with van der Waals surface area (Å²) in [6.07, 6.45) is 0. The van der Waals surface area contributed by atoms with Crippen molar-refractivity contribution < 1.29 is 14.3 Å². The van der Waals surface area contributed by atoms with Crippen LogP contribution in [0.25, 0.3) is 0 Å². The van der Waals surface area contributed by atoms with Crippen molar-refractivity contribution in [2.75, 3.05) is 20.0 Å². The van der Waals surface area contributed by atoms with Crippen molar-refractivity contribution in [3.63, 3.8) is 0 Å². The maximum atomic E-state index is 11.5. The fraction of sp³-hybridized carbons (Fsp3) is 0.300. The number of carbonyl (C=O) groups is 1. The molecule has 0 aliphatic heterocycles. The average Bonchev–Trinajstić information content (AvgIpc) is 2.23. The van der Waals surface area contributed by atoms with Crippen molar-refractivity contribution in [3.05, 3.63) is 21.7 Å². The third-order valence-corrected chi connectivity index (χ3v) is 2.87. The van der Waals surface area contributed by atoms with Crippen LogP contribution in [0.2, 0.25) is 0 Å². The molecule has 0 aliphatic rings. The van der Waals surface area contributed by atoms with Gasteiger partial charge in [0.1, 0.15) is 11.3 Å². The first-order valence-electron chi connectivity index (χ1n) is 4.23. The van der Waals surface area contributed by atoms with Gasteiger partial charge in [-0.2, -0.15) is 0 Å². The predicted molar refractivity (Wildman–Crippen MR) is 61.2 cm³/mol. The van der Waals surface area contributed by atoms with Gasteiger partial charge in [0.15, 0.2) is 0 Å². The highest BCUT2D eigenvalue weighted by atomic mass is 79.9. The Morgan fingerprint density at radius 1 is 1.47 bits per heavy atom. The van der Waals surface area contributed by atoms with Crippen LogP contribution in [0.3, 0.4) is 0 Å². The van der Waals surface area contributed by atoms with Crippen LogP contribution in [-0.4, -0.2) is 20.2 Å². The van der Waals surface area contributed by atoms with Gasteiger partial charge in [0.25, 0.3) is 0 Å². The molecule has 0 heterocycles. The third-order valence-electron chi connectivity index (χ3n) is 2.09. The topological polar surface area (TPSA) is 61.5 Å². The van der Waals surface area contributed by atoms with Gasteiger partial charge in [-0.25, -0.2) is 4.79 Å². The Morgan fingerprint density at radius 3 is 2.53 bits per heavy atom. The third kappa shape index (κ3) is 2.07. The smallest absolute Gasteiger partial charge is 0.341 e. The summed E-state index contributed by atoms with van der Waals surface area (Å²) in [5, 5.41) is 0. The van der Waals surface area contributed by atoms with E-state index in [9.17, 15) is 4.79 Å². The first kappa shape index (κ1) is 11.8. The number of benzene rings is 1. The highest BCUT2D eigenvalue weighted by Crippen LogP contribution is 2.35. The van der Waals surface area contributed by atoms with E-state index in [4.69, 9.17) is 10.5 Å². The lowest BCUT2D eigenvalue weighted by Gasteiger charge is -2.12. The van der Waals surface area contributed by atoms with Crippen molar-refractivity contribution in [1.29, 1.82) is 0 Å². The van der Waals surface area contributed by atoms with E-state index in [1.165, 1.54) is 14.2 Å². The van der Waals surface area contributed by atoms with Crippen molar-refractivity contribution in [1.82, 2.24) is 0 Å². The molecule has 1 aromatic carbocycles. The molecule has 0 atom stereocenters. The number of hydrogen-bond acceptors (Lipinski definition) is 4. The van der Waals surface area contributed by atoms with Crippen LogP contribution in [0.15, 0.2) is 10.5 Å². The van der Waals surface area contributed by atoms with E-state index in [0.29, 0.717) is 21.5 Å². The molecule has 5 heteroatoms. The number of esters is 1. The number of anilines is 1. The van der Waals surface area contributed by atoms with Gasteiger partial charge in [-0.05, 0) is 34.5 Å². The molecule has 82 valence electrons. The number of carbonyl (C=O) groups excluding carboxylic acids is 1. The second kappa shape index (κ2) is 4.53. The quantitative estimate of drug-likeness (QED) is 0.663. The van der Waals surface area contributed by atoms with Gasteiger partial charge < -0.3 is 15.2 Å². The molecule has 0 saturated carbocycles. The molecule has 0 amide bonds. The lowest BCUT2D eigenvalue weighted by molar-refractivity contribution is 0.0600. The van der Waals surface area contributed by atoms with E-state index < -0.39 is 5.97 Å². The number of nitrogen functional groups attached to an aromatic ring is 1. The minimum Gasteiger partial charge on any atom is -0.496 e. The fourth-order valence-corrected chi connectivity index (χ4v) is 1.88. The molecule has 2 N–H and O–H groups in total. The molecule has 0 fully saturated rings. The van der Waals surface area contributed by atoms with Gasteiger partial charge in [0.2, 0.25) is 0 Å². The Balaban J connectivity index is 3.47. The molecule has 1 aromatic rings. The average molecular weight is 274 g/mol. The summed E-state index contributed by atoms with van der Waals surface area (Å²) < 4.78 is 10.3. The molecule has 0 aliphatic carbocycles. The van der Waals surface area contributed by atoms with Crippen LogP contribution in [0.5, 0.6) is 5.75 Å². The second-order valence-electron chi connectivity index (χ2n) is 2.99. The summed E-state index contributed by atoms with van der Waals surface area (Å²) in [7, 11) is 2.83. The van der Waals surface area contributed by atoms with E-state index in [2.05, 4.69) is 20.7 Å². The lowest BCUT2D eigenvalue weighted by Crippen LogP contribution is -2.09. The van der Waals surface area contributed by atoms with E-state index in [1.807, 2.05) is 0 Å². The Bertz CT molecular complexity index is 404. The summed E-state index contributed by atoms with van der Waals surface area (Å²) in [6, 6.07) is 1.76. The number of methoxy groups -OCH3 is 2. The minimum absolute atomic E-state index is 0.300. The van der Waals surface area contributed by atoms with Gasteiger partial charge in [0, 0.05) is 0 Å². The molecule has 0 spiro atoms. The van der Waals surface area contributed by atoms with E-state index in [1.54, 1.807) is 13.0 Å². The Kier molecular flexibility index (Phi) is 3.57. The summed E-state index contributed by atoms with van der Waals surface area (Å²) in [6.45, 7) is 1.80. The normalized spacial score (nSPS) is 9.87. The van der Waals surface area contributed by atoms with Crippen LogP contribution in [0.1, 0.15) is 15.9 Å². The molecule has 0 unspecified atom stereocenters. The van der Waals surface area contributed by atoms with Crippen LogP contribution >= 0.6 is 15.9 Å². The zero-order chi connectivity index (χ0) is 11.6. The van der Waals surface area contributed by atoms with E-state index in [0.717, 1.165) is 5.56 Å². The molecular formula is C10H12BrNO3. The zero-order valence-corrected chi connectivity index (χ0v) is 10.3. The second-order valence-corrected chi connectivity index (χ2v) is 3.78. The number of halogens is 1. The zero-order valence-electron chi connectivity index (χ0n) is 8.76. The van der Waals surface area contributed by atoms with Gasteiger partial charge in [-0.1, -0.05) is 0 Å². The number of ether oxygens (including phenoxy) is 2. The lowest BCUT2D eigenvalue weighted by atomic mass is 10.1. The standard InChI is InChI=1S/C10H12BrNO3/c1-5-4-6(14-2)8(11)7(9(5)12)10(13)15-3/h4H,12H2,1-3H3. The highest BCUT2D eigenvalue weighted by molar-refractivity contribution is 9.10. The van der Waals surface area contributed by atoms with E-state index >= 15 is 0 Å². The minimum atomic E-state index is -0.485. The Labute approximate surface area is 96.5 Å². The molecule has 0 aromatic heterocycles. The van der Waals surface area contributed by atoms with Crippen LogP contribution in [0.4, 0.5) is 5.69 Å². The van der Waals surface area contributed by atoms with Gasteiger partial charge in [-0.3, -0.25) is 0 Å². The summed E-state index contributed by atoms with van der Waals surface area (Å²) >= 11 is 3.26. The summed E-state index contributed by atoms with van der Waals surface area (Å²) in [5.74, 6) is 0.0727. The SMILES string of the molecule is COC(=O)c1c(N)c(C)cc(OC)c1Br. The van der Waals surface area contributed by atoms with Crippen molar-refractivity contribution in [2.45, 2.75) is 6.92 Å². The summed E-state index contributed by atoms with van der Waals surface area (Å²) in [5.41, 5.74) is 7.27. The number of nitrogens with two attached hydrogens (primary N) is 1. The summed E-state index contributed by atoms with van der Waals surface area (Å²) in [4.78, 5) is 11.5.